The lowest BCUT2D eigenvalue weighted by Gasteiger charge is -2.37. The van der Waals surface area contributed by atoms with Gasteiger partial charge >= 0.3 is 5.97 Å². The van der Waals surface area contributed by atoms with Gasteiger partial charge in [0.15, 0.2) is 0 Å². The summed E-state index contributed by atoms with van der Waals surface area (Å²) in [5.41, 5.74) is -1.25. The largest absolute Gasteiger partial charge is 0.481 e. The van der Waals surface area contributed by atoms with Crippen molar-refractivity contribution in [3.8, 4) is 0 Å². The first-order valence-corrected chi connectivity index (χ1v) is 6.24. The van der Waals surface area contributed by atoms with Crippen molar-refractivity contribution in [3.05, 3.63) is 35.6 Å². The number of carboxylic acids is 1. The molecule has 18 heavy (non-hydrogen) atoms. The van der Waals surface area contributed by atoms with E-state index in [0.29, 0.717) is 12.8 Å². The Hall–Kier alpha value is -1.42. The molecule has 0 aliphatic heterocycles. The van der Waals surface area contributed by atoms with Gasteiger partial charge in [-0.2, -0.15) is 0 Å². The van der Waals surface area contributed by atoms with E-state index in [1.54, 1.807) is 6.07 Å². The van der Waals surface area contributed by atoms with E-state index in [1.165, 1.54) is 18.2 Å². The van der Waals surface area contributed by atoms with Crippen molar-refractivity contribution in [2.45, 2.75) is 43.6 Å². The predicted molar refractivity (Wildman–Crippen MR) is 64.8 cm³/mol. The summed E-state index contributed by atoms with van der Waals surface area (Å²) in [4.78, 5) is 11.4. The maximum atomic E-state index is 13.8. The van der Waals surface area contributed by atoms with E-state index in [0.717, 1.165) is 19.3 Å². The number of aliphatic carboxylic acids is 1. The van der Waals surface area contributed by atoms with E-state index in [1.807, 2.05) is 0 Å². The summed E-state index contributed by atoms with van der Waals surface area (Å²) < 4.78 is 13.8. The Kier molecular flexibility index (Phi) is 3.66. The third kappa shape index (κ3) is 2.38. The molecule has 4 heteroatoms. The number of hydrogen-bond acceptors (Lipinski definition) is 2. The normalized spacial score (nSPS) is 20.3. The summed E-state index contributed by atoms with van der Waals surface area (Å²) >= 11 is 0. The molecule has 0 radical (unpaired) electrons. The molecule has 0 saturated heterocycles. The van der Waals surface area contributed by atoms with E-state index < -0.39 is 23.3 Å². The van der Waals surface area contributed by atoms with E-state index in [9.17, 15) is 19.4 Å². The maximum absolute atomic E-state index is 13.8. The Morgan fingerprint density at radius 1 is 1.22 bits per heavy atom. The minimum atomic E-state index is -1.33. The topological polar surface area (TPSA) is 57.5 Å². The van der Waals surface area contributed by atoms with Crippen LogP contribution < -0.4 is 0 Å². The summed E-state index contributed by atoms with van der Waals surface area (Å²) in [6.45, 7) is 0. The predicted octanol–water partition coefficient (Wildman–Crippen LogP) is 2.69. The second-order valence-corrected chi connectivity index (χ2v) is 4.96. The summed E-state index contributed by atoms with van der Waals surface area (Å²) in [5, 5.41) is 19.9. The molecule has 2 N–H and O–H groups in total. The highest BCUT2D eigenvalue weighted by molar-refractivity contribution is 5.78. The molecule has 1 saturated carbocycles. The van der Waals surface area contributed by atoms with Gasteiger partial charge in [-0.1, -0.05) is 37.5 Å². The molecular formula is C14H17FO3. The van der Waals surface area contributed by atoms with Gasteiger partial charge in [0.1, 0.15) is 11.7 Å². The molecule has 1 fully saturated rings. The van der Waals surface area contributed by atoms with Crippen molar-refractivity contribution in [1.29, 1.82) is 0 Å². The Balaban J connectivity index is 2.40. The fourth-order valence-corrected chi connectivity index (χ4v) is 2.81. The lowest BCUT2D eigenvalue weighted by atomic mass is 9.72. The minimum Gasteiger partial charge on any atom is -0.481 e. The molecule has 0 heterocycles. The van der Waals surface area contributed by atoms with Gasteiger partial charge in [0.25, 0.3) is 0 Å². The Morgan fingerprint density at radius 2 is 1.83 bits per heavy atom. The molecule has 1 atom stereocenters. The summed E-state index contributed by atoms with van der Waals surface area (Å²) in [7, 11) is 0. The molecule has 0 spiro atoms. The zero-order chi connectivity index (χ0) is 13.2. The Bertz CT molecular complexity index is 438. The number of hydrogen-bond donors (Lipinski definition) is 2. The molecule has 1 aliphatic carbocycles. The SMILES string of the molecule is O=C(O)[C@H](c1ccccc1F)C1(O)CCCCC1. The third-order valence-electron chi connectivity index (χ3n) is 3.72. The molecule has 1 aromatic rings. The monoisotopic (exact) mass is 252 g/mol. The number of benzene rings is 1. The quantitative estimate of drug-likeness (QED) is 0.869. The van der Waals surface area contributed by atoms with Crippen molar-refractivity contribution in [1.82, 2.24) is 0 Å². The van der Waals surface area contributed by atoms with Crippen LogP contribution in [0, 0.1) is 5.82 Å². The minimum absolute atomic E-state index is 0.0781. The van der Waals surface area contributed by atoms with Gasteiger partial charge in [-0.05, 0) is 18.9 Å². The van der Waals surface area contributed by atoms with Gasteiger partial charge in [0.05, 0.1) is 5.60 Å². The van der Waals surface area contributed by atoms with E-state index in [-0.39, 0.29) is 5.56 Å². The molecule has 2 rings (SSSR count). The van der Waals surface area contributed by atoms with Crippen molar-refractivity contribution < 1.29 is 19.4 Å². The van der Waals surface area contributed by atoms with Crippen molar-refractivity contribution in [2.24, 2.45) is 0 Å². The van der Waals surface area contributed by atoms with Gasteiger partial charge in [0, 0.05) is 5.56 Å². The maximum Gasteiger partial charge on any atom is 0.314 e. The van der Waals surface area contributed by atoms with Crippen molar-refractivity contribution >= 4 is 5.97 Å². The van der Waals surface area contributed by atoms with Crippen LogP contribution in [0.25, 0.3) is 0 Å². The second-order valence-electron chi connectivity index (χ2n) is 4.96. The number of halogens is 1. The molecule has 0 bridgehead atoms. The van der Waals surface area contributed by atoms with Gasteiger partial charge in [0.2, 0.25) is 0 Å². The number of rotatable bonds is 3. The van der Waals surface area contributed by atoms with E-state index in [2.05, 4.69) is 0 Å². The average Bonchev–Trinajstić information content (AvgIpc) is 2.32. The van der Waals surface area contributed by atoms with Crippen LogP contribution in [0.5, 0.6) is 0 Å². The summed E-state index contributed by atoms with van der Waals surface area (Å²) in [5.74, 6) is -2.91. The molecule has 3 nitrogen and oxygen atoms in total. The zero-order valence-electron chi connectivity index (χ0n) is 10.1. The molecule has 1 aliphatic rings. The highest BCUT2D eigenvalue weighted by atomic mass is 19.1. The Labute approximate surface area is 105 Å². The van der Waals surface area contributed by atoms with Gasteiger partial charge in [-0.25, -0.2) is 4.39 Å². The zero-order valence-corrected chi connectivity index (χ0v) is 10.1. The number of carbonyl (C=O) groups is 1. The fraction of sp³-hybridized carbons (Fsp3) is 0.500. The second kappa shape index (κ2) is 5.06. The third-order valence-corrected chi connectivity index (χ3v) is 3.72. The van der Waals surface area contributed by atoms with Crippen molar-refractivity contribution in [3.63, 3.8) is 0 Å². The summed E-state index contributed by atoms with van der Waals surface area (Å²) in [6, 6.07) is 5.79. The first-order chi connectivity index (χ1) is 8.54. The molecule has 0 aromatic heterocycles. The van der Waals surface area contributed by atoms with Crippen molar-refractivity contribution in [2.75, 3.05) is 0 Å². The van der Waals surface area contributed by atoms with Gasteiger partial charge in [-0.15, -0.1) is 0 Å². The standard InChI is InChI=1S/C14H17FO3/c15-11-7-3-2-6-10(11)12(13(16)17)14(18)8-4-1-5-9-14/h2-3,6-7,12,18H,1,4-5,8-9H2,(H,16,17)/t12-/m0/s1. The van der Waals surface area contributed by atoms with Gasteiger partial charge < -0.3 is 10.2 Å². The molecule has 0 unspecified atom stereocenters. The van der Waals surface area contributed by atoms with Crippen LogP contribution in [0.1, 0.15) is 43.6 Å². The Morgan fingerprint density at radius 3 is 2.39 bits per heavy atom. The summed E-state index contributed by atoms with van der Waals surface area (Å²) in [6.07, 6.45) is 3.39. The fourth-order valence-electron chi connectivity index (χ4n) is 2.81. The lowest BCUT2D eigenvalue weighted by molar-refractivity contribution is -0.148. The van der Waals surface area contributed by atoms with Crippen LogP contribution in [0.4, 0.5) is 4.39 Å². The molecule has 98 valence electrons. The number of carboxylic acid groups (broad SMARTS) is 1. The van der Waals surface area contributed by atoms with Crippen LogP contribution in [0.3, 0.4) is 0 Å². The average molecular weight is 252 g/mol. The number of aliphatic hydroxyl groups is 1. The van der Waals surface area contributed by atoms with Gasteiger partial charge in [-0.3, -0.25) is 4.79 Å². The smallest absolute Gasteiger partial charge is 0.314 e. The highest BCUT2D eigenvalue weighted by Gasteiger charge is 2.44. The molecule has 0 amide bonds. The highest BCUT2D eigenvalue weighted by Crippen LogP contribution is 2.40. The van der Waals surface area contributed by atoms with Crippen LogP contribution >= 0.6 is 0 Å². The van der Waals surface area contributed by atoms with Crippen LogP contribution in [0.2, 0.25) is 0 Å². The van der Waals surface area contributed by atoms with Crippen LogP contribution in [-0.2, 0) is 4.79 Å². The van der Waals surface area contributed by atoms with E-state index in [4.69, 9.17) is 0 Å². The first kappa shape index (κ1) is 13.0. The molecular weight excluding hydrogens is 235 g/mol. The lowest BCUT2D eigenvalue weighted by Crippen LogP contribution is -2.42. The van der Waals surface area contributed by atoms with E-state index >= 15 is 0 Å². The van der Waals surface area contributed by atoms with Crippen LogP contribution in [-0.4, -0.2) is 21.8 Å². The first-order valence-electron chi connectivity index (χ1n) is 6.24. The van der Waals surface area contributed by atoms with Crippen LogP contribution in [0.15, 0.2) is 24.3 Å². The molecule has 1 aromatic carbocycles.